The number of nitrogens with zero attached hydrogens (tertiary/aromatic N) is 2. The van der Waals surface area contributed by atoms with Crippen LogP contribution in [0.1, 0.15) is 38.3 Å². The van der Waals surface area contributed by atoms with Crippen LogP contribution in [0.5, 0.6) is 0 Å². The van der Waals surface area contributed by atoms with Crippen LogP contribution in [0.15, 0.2) is 5.38 Å². The molecule has 78 valence electrons. The Bertz CT molecular complexity index is 288. The second kappa shape index (κ2) is 3.95. The van der Waals surface area contributed by atoms with Gasteiger partial charge in [-0.3, -0.25) is 0 Å². The summed E-state index contributed by atoms with van der Waals surface area (Å²) in [7, 11) is 0. The highest BCUT2D eigenvalue weighted by atomic mass is 32.1. The molecule has 2 atom stereocenters. The van der Waals surface area contributed by atoms with Crippen LogP contribution in [0.3, 0.4) is 0 Å². The van der Waals surface area contributed by atoms with Gasteiger partial charge in [0.1, 0.15) is 0 Å². The van der Waals surface area contributed by atoms with Crippen molar-refractivity contribution in [2.75, 3.05) is 0 Å². The van der Waals surface area contributed by atoms with Gasteiger partial charge in [0, 0.05) is 11.8 Å². The van der Waals surface area contributed by atoms with Gasteiger partial charge in [-0.25, -0.2) is 0 Å². The lowest BCUT2D eigenvalue weighted by molar-refractivity contribution is -0.0131. The second-order valence-electron chi connectivity index (χ2n) is 4.50. The van der Waals surface area contributed by atoms with Crippen molar-refractivity contribution in [3.05, 3.63) is 11.1 Å². The Morgan fingerprint density at radius 3 is 3.21 bits per heavy atom. The summed E-state index contributed by atoms with van der Waals surface area (Å²) < 4.78 is 3.82. The van der Waals surface area contributed by atoms with Crippen molar-refractivity contribution in [3.63, 3.8) is 0 Å². The van der Waals surface area contributed by atoms with Crippen molar-refractivity contribution in [1.29, 1.82) is 0 Å². The Hall–Kier alpha value is -0.480. The first-order valence-electron chi connectivity index (χ1n) is 5.16. The fourth-order valence-corrected chi connectivity index (χ4v) is 2.84. The second-order valence-corrected chi connectivity index (χ2v) is 5.11. The molecule has 0 spiro atoms. The Labute approximate surface area is 88.3 Å². The maximum Gasteiger partial charge on any atom is 0.0784 e. The average Bonchev–Trinajstić information content (AvgIpc) is 2.55. The minimum absolute atomic E-state index is 0.520. The van der Waals surface area contributed by atoms with Crippen LogP contribution in [-0.2, 0) is 6.42 Å². The van der Waals surface area contributed by atoms with Gasteiger partial charge in [0.25, 0.3) is 0 Å². The normalized spacial score (nSPS) is 33.1. The minimum Gasteiger partial charge on any atom is -0.389 e. The molecule has 1 N–H and O–H groups in total. The lowest BCUT2D eigenvalue weighted by atomic mass is 9.77. The van der Waals surface area contributed by atoms with Crippen LogP contribution in [0, 0.1) is 5.92 Å². The van der Waals surface area contributed by atoms with Crippen molar-refractivity contribution in [2.24, 2.45) is 5.92 Å². The highest BCUT2D eigenvalue weighted by molar-refractivity contribution is 7.03. The van der Waals surface area contributed by atoms with E-state index in [-0.39, 0.29) is 0 Å². The van der Waals surface area contributed by atoms with Gasteiger partial charge in [0.15, 0.2) is 0 Å². The predicted octanol–water partition coefficient (Wildman–Crippen LogP) is 2.02. The topological polar surface area (TPSA) is 46.0 Å². The summed E-state index contributed by atoms with van der Waals surface area (Å²) >= 11 is 1.36. The monoisotopic (exact) mass is 212 g/mol. The summed E-state index contributed by atoms with van der Waals surface area (Å²) in [5.41, 5.74) is 0.416. The molecule has 0 aromatic carbocycles. The zero-order chi connectivity index (χ0) is 10.0. The molecule has 1 aliphatic rings. The molecule has 1 fully saturated rings. The average molecular weight is 212 g/mol. The van der Waals surface area contributed by atoms with Crippen LogP contribution in [0.25, 0.3) is 0 Å². The number of rotatable bonds is 2. The van der Waals surface area contributed by atoms with Gasteiger partial charge >= 0.3 is 0 Å². The molecule has 3 nitrogen and oxygen atoms in total. The van der Waals surface area contributed by atoms with E-state index >= 15 is 0 Å². The summed E-state index contributed by atoms with van der Waals surface area (Å²) in [6.45, 7) is 2.21. The number of aliphatic hydroxyl groups is 1. The molecule has 0 bridgehead atoms. The summed E-state index contributed by atoms with van der Waals surface area (Å²) in [6, 6.07) is 0. The maximum atomic E-state index is 10.4. The van der Waals surface area contributed by atoms with E-state index in [1.54, 1.807) is 0 Å². The SMILES string of the molecule is CC1CCCC(O)(Cc2csnn2)C1. The van der Waals surface area contributed by atoms with Crippen molar-refractivity contribution < 1.29 is 5.11 Å². The first kappa shape index (κ1) is 10.1. The Balaban J connectivity index is 2.01. The summed E-state index contributed by atoms with van der Waals surface area (Å²) in [5.74, 6) is 0.639. The van der Waals surface area contributed by atoms with Crippen molar-refractivity contribution in [1.82, 2.24) is 9.59 Å². The molecule has 0 aliphatic heterocycles. The zero-order valence-electron chi connectivity index (χ0n) is 8.44. The maximum absolute atomic E-state index is 10.4. The quantitative estimate of drug-likeness (QED) is 0.815. The summed E-state index contributed by atoms with van der Waals surface area (Å²) in [6.07, 6.45) is 4.88. The Kier molecular flexibility index (Phi) is 2.83. The van der Waals surface area contributed by atoms with E-state index in [0.29, 0.717) is 12.3 Å². The molecule has 1 aliphatic carbocycles. The van der Waals surface area contributed by atoms with Gasteiger partial charge in [0.05, 0.1) is 11.3 Å². The van der Waals surface area contributed by atoms with E-state index in [1.165, 1.54) is 18.0 Å². The van der Waals surface area contributed by atoms with Gasteiger partial charge in [-0.2, -0.15) is 0 Å². The molecule has 4 heteroatoms. The lowest BCUT2D eigenvalue weighted by Gasteiger charge is -2.34. The third-order valence-electron chi connectivity index (χ3n) is 2.98. The molecule has 1 saturated carbocycles. The molecule has 2 rings (SSSR count). The Morgan fingerprint density at radius 2 is 2.57 bits per heavy atom. The molecular weight excluding hydrogens is 196 g/mol. The van der Waals surface area contributed by atoms with Crippen LogP contribution in [-0.4, -0.2) is 20.3 Å². The first-order valence-corrected chi connectivity index (χ1v) is 6.00. The molecule has 1 aromatic heterocycles. The molecule has 14 heavy (non-hydrogen) atoms. The minimum atomic E-state index is -0.520. The van der Waals surface area contributed by atoms with E-state index in [4.69, 9.17) is 0 Å². The van der Waals surface area contributed by atoms with Gasteiger partial charge in [-0.15, -0.1) is 5.10 Å². The van der Waals surface area contributed by atoms with E-state index in [0.717, 1.165) is 25.0 Å². The highest BCUT2D eigenvalue weighted by Crippen LogP contribution is 2.34. The Morgan fingerprint density at radius 1 is 1.71 bits per heavy atom. The fourth-order valence-electron chi connectivity index (χ4n) is 2.39. The highest BCUT2D eigenvalue weighted by Gasteiger charge is 2.33. The van der Waals surface area contributed by atoms with E-state index < -0.39 is 5.60 Å². The molecule has 1 aromatic rings. The predicted molar refractivity (Wildman–Crippen MR) is 56.2 cm³/mol. The summed E-state index contributed by atoms with van der Waals surface area (Å²) in [5, 5.41) is 16.3. The molecule has 1 heterocycles. The number of hydrogen-bond donors (Lipinski definition) is 1. The van der Waals surface area contributed by atoms with E-state index in [1.807, 2.05) is 5.38 Å². The van der Waals surface area contributed by atoms with Crippen molar-refractivity contribution in [2.45, 2.75) is 44.6 Å². The standard InChI is InChI=1S/C10H16N2OS/c1-8-3-2-4-10(13,5-8)6-9-7-14-12-11-9/h7-8,13H,2-6H2,1H3. The smallest absolute Gasteiger partial charge is 0.0784 e. The van der Waals surface area contributed by atoms with Crippen LogP contribution in [0.2, 0.25) is 0 Å². The fraction of sp³-hybridized carbons (Fsp3) is 0.800. The van der Waals surface area contributed by atoms with Crippen LogP contribution in [0.4, 0.5) is 0 Å². The zero-order valence-corrected chi connectivity index (χ0v) is 9.26. The molecular formula is C10H16N2OS. The third-order valence-corrected chi connectivity index (χ3v) is 3.54. The number of aromatic nitrogens is 2. The van der Waals surface area contributed by atoms with Crippen LogP contribution >= 0.6 is 11.5 Å². The third kappa shape index (κ3) is 2.30. The van der Waals surface area contributed by atoms with Crippen LogP contribution < -0.4 is 0 Å². The molecule has 0 saturated heterocycles. The van der Waals surface area contributed by atoms with Gasteiger partial charge in [-0.05, 0) is 30.3 Å². The van der Waals surface area contributed by atoms with Crippen molar-refractivity contribution >= 4 is 11.5 Å². The van der Waals surface area contributed by atoms with Gasteiger partial charge < -0.3 is 5.11 Å². The molecule has 2 unspecified atom stereocenters. The first-order chi connectivity index (χ1) is 6.68. The molecule has 0 radical (unpaired) electrons. The lowest BCUT2D eigenvalue weighted by Crippen LogP contribution is -2.36. The van der Waals surface area contributed by atoms with Gasteiger partial charge in [-0.1, -0.05) is 24.3 Å². The largest absolute Gasteiger partial charge is 0.389 e. The molecule has 0 amide bonds. The van der Waals surface area contributed by atoms with E-state index in [2.05, 4.69) is 16.5 Å². The number of hydrogen-bond acceptors (Lipinski definition) is 4. The van der Waals surface area contributed by atoms with Gasteiger partial charge in [0.2, 0.25) is 0 Å². The van der Waals surface area contributed by atoms with Crippen molar-refractivity contribution in [3.8, 4) is 0 Å². The summed E-state index contributed by atoms with van der Waals surface area (Å²) in [4.78, 5) is 0. The van der Waals surface area contributed by atoms with E-state index in [9.17, 15) is 5.11 Å².